The monoisotopic (exact) mass is 244 g/mol. The topological polar surface area (TPSA) is 66.0 Å². The Morgan fingerprint density at radius 3 is 3.17 bits per heavy atom. The molecule has 3 rings (SSSR count). The first-order chi connectivity index (χ1) is 8.78. The summed E-state index contributed by atoms with van der Waals surface area (Å²) in [4.78, 5) is 0. The van der Waals surface area contributed by atoms with Crippen molar-refractivity contribution in [2.75, 3.05) is 7.11 Å². The number of nitrogens with two attached hydrogens (primary N) is 1. The highest BCUT2D eigenvalue weighted by Gasteiger charge is 2.22. The van der Waals surface area contributed by atoms with E-state index in [1.165, 1.54) is 5.69 Å². The lowest BCUT2D eigenvalue weighted by Crippen LogP contribution is -2.28. The molecule has 1 unspecified atom stereocenters. The van der Waals surface area contributed by atoms with Crippen LogP contribution in [0.5, 0.6) is 5.75 Å². The van der Waals surface area contributed by atoms with Gasteiger partial charge in [-0.15, -0.1) is 5.10 Å². The fourth-order valence-electron chi connectivity index (χ4n) is 2.36. The molecule has 0 fully saturated rings. The van der Waals surface area contributed by atoms with Gasteiger partial charge in [-0.1, -0.05) is 11.3 Å². The summed E-state index contributed by atoms with van der Waals surface area (Å²) in [6.45, 7) is 0. The molecule has 2 aromatic rings. The van der Waals surface area contributed by atoms with Crippen LogP contribution in [-0.2, 0) is 12.8 Å². The highest BCUT2D eigenvalue weighted by Crippen LogP contribution is 2.23. The van der Waals surface area contributed by atoms with Crippen LogP contribution >= 0.6 is 0 Å². The zero-order valence-corrected chi connectivity index (χ0v) is 10.3. The van der Waals surface area contributed by atoms with Crippen LogP contribution in [0.3, 0.4) is 0 Å². The maximum absolute atomic E-state index is 5.95. The van der Waals surface area contributed by atoms with Crippen LogP contribution in [0.4, 0.5) is 0 Å². The summed E-state index contributed by atoms with van der Waals surface area (Å²) in [6, 6.07) is 8.06. The molecule has 1 heterocycles. The Bertz CT molecular complexity index is 564. The first-order valence-electron chi connectivity index (χ1n) is 6.11. The van der Waals surface area contributed by atoms with Crippen molar-refractivity contribution in [3.63, 3.8) is 0 Å². The van der Waals surface area contributed by atoms with Crippen molar-refractivity contribution in [2.45, 2.75) is 25.3 Å². The molecule has 1 aliphatic rings. The quantitative estimate of drug-likeness (QED) is 0.858. The Morgan fingerprint density at radius 1 is 1.44 bits per heavy atom. The molecule has 0 radical (unpaired) electrons. The molecule has 2 N–H and O–H groups in total. The highest BCUT2D eigenvalue weighted by molar-refractivity contribution is 5.40. The average molecular weight is 244 g/mol. The minimum absolute atomic E-state index is 0.216. The van der Waals surface area contributed by atoms with Crippen molar-refractivity contribution in [3.05, 3.63) is 35.7 Å². The third-order valence-corrected chi connectivity index (χ3v) is 3.35. The van der Waals surface area contributed by atoms with Crippen molar-refractivity contribution in [1.82, 2.24) is 15.0 Å². The van der Waals surface area contributed by atoms with Crippen LogP contribution in [0.1, 0.15) is 17.8 Å². The lowest BCUT2D eigenvalue weighted by molar-refractivity contribution is 0.414. The lowest BCUT2D eigenvalue weighted by Gasteiger charge is -2.17. The van der Waals surface area contributed by atoms with Gasteiger partial charge in [0.2, 0.25) is 0 Å². The van der Waals surface area contributed by atoms with E-state index in [2.05, 4.69) is 10.3 Å². The van der Waals surface area contributed by atoms with Gasteiger partial charge in [0.1, 0.15) is 5.75 Å². The van der Waals surface area contributed by atoms with Gasteiger partial charge >= 0.3 is 0 Å². The van der Waals surface area contributed by atoms with Gasteiger partial charge < -0.3 is 10.5 Å². The number of hydrogen-bond acceptors (Lipinski definition) is 4. The third-order valence-electron chi connectivity index (χ3n) is 3.35. The van der Waals surface area contributed by atoms with E-state index >= 15 is 0 Å². The van der Waals surface area contributed by atoms with E-state index in [9.17, 15) is 0 Å². The van der Waals surface area contributed by atoms with Crippen molar-refractivity contribution in [3.8, 4) is 11.4 Å². The molecule has 1 aromatic heterocycles. The second-order valence-corrected chi connectivity index (χ2v) is 4.60. The molecule has 0 amide bonds. The lowest BCUT2D eigenvalue weighted by atomic mass is 9.96. The first kappa shape index (κ1) is 11.2. The summed E-state index contributed by atoms with van der Waals surface area (Å²) in [6.07, 6.45) is 2.74. The molecular formula is C13H16N4O. The number of benzene rings is 1. The van der Waals surface area contributed by atoms with Gasteiger partial charge in [-0.05, 0) is 25.0 Å². The summed E-state index contributed by atoms with van der Waals surface area (Å²) in [5, 5.41) is 8.46. The first-order valence-corrected chi connectivity index (χ1v) is 6.11. The van der Waals surface area contributed by atoms with Crippen LogP contribution in [0.15, 0.2) is 24.3 Å². The van der Waals surface area contributed by atoms with Crippen LogP contribution in [0.2, 0.25) is 0 Å². The molecule has 0 saturated heterocycles. The maximum Gasteiger partial charge on any atom is 0.121 e. The van der Waals surface area contributed by atoms with Gasteiger partial charge in [-0.25, -0.2) is 4.68 Å². The second kappa shape index (κ2) is 4.42. The molecular weight excluding hydrogens is 228 g/mol. The maximum atomic E-state index is 5.95. The summed E-state index contributed by atoms with van der Waals surface area (Å²) >= 11 is 0. The number of aromatic nitrogens is 3. The van der Waals surface area contributed by atoms with Gasteiger partial charge in [0.25, 0.3) is 0 Å². The van der Waals surface area contributed by atoms with E-state index in [1.54, 1.807) is 7.11 Å². The summed E-state index contributed by atoms with van der Waals surface area (Å²) in [5.41, 5.74) is 9.13. The Kier molecular flexibility index (Phi) is 2.76. The minimum Gasteiger partial charge on any atom is -0.497 e. The van der Waals surface area contributed by atoms with Gasteiger partial charge in [-0.2, -0.15) is 0 Å². The number of fused-ring (bicyclic) bond motifs is 1. The van der Waals surface area contributed by atoms with E-state index in [0.29, 0.717) is 0 Å². The Hall–Kier alpha value is -1.88. The third kappa shape index (κ3) is 1.86. The Labute approximate surface area is 106 Å². The number of rotatable bonds is 2. The smallest absolute Gasteiger partial charge is 0.121 e. The molecule has 5 nitrogen and oxygen atoms in total. The van der Waals surface area contributed by atoms with E-state index in [4.69, 9.17) is 10.5 Å². The van der Waals surface area contributed by atoms with Crippen molar-refractivity contribution >= 4 is 0 Å². The van der Waals surface area contributed by atoms with Gasteiger partial charge in [0.05, 0.1) is 24.2 Å². The number of methoxy groups -OCH3 is 1. The zero-order valence-electron chi connectivity index (χ0n) is 10.3. The number of nitrogens with zero attached hydrogens (tertiary/aromatic N) is 3. The average Bonchev–Trinajstić information content (AvgIpc) is 2.81. The summed E-state index contributed by atoms with van der Waals surface area (Å²) in [5.74, 6) is 0.823. The summed E-state index contributed by atoms with van der Waals surface area (Å²) < 4.78 is 7.13. The molecule has 94 valence electrons. The van der Waals surface area contributed by atoms with E-state index in [-0.39, 0.29) is 6.04 Å². The second-order valence-electron chi connectivity index (χ2n) is 4.60. The summed E-state index contributed by atoms with van der Waals surface area (Å²) in [7, 11) is 1.66. The van der Waals surface area contributed by atoms with E-state index in [1.807, 2.05) is 28.9 Å². The van der Waals surface area contributed by atoms with Crippen molar-refractivity contribution in [1.29, 1.82) is 0 Å². The Morgan fingerprint density at radius 2 is 2.33 bits per heavy atom. The van der Waals surface area contributed by atoms with Gasteiger partial charge in [0.15, 0.2) is 0 Å². The number of ether oxygens (including phenoxy) is 1. The fourth-order valence-corrected chi connectivity index (χ4v) is 2.36. The number of hydrogen-bond donors (Lipinski definition) is 1. The molecule has 0 aliphatic heterocycles. The standard InChI is InChI=1S/C13H16N4O/c1-18-11-4-2-3-10(8-11)17-13-6-5-9(14)7-12(13)15-16-17/h2-4,8-9H,5-7,14H2,1H3. The van der Waals surface area contributed by atoms with Crippen molar-refractivity contribution in [2.24, 2.45) is 5.73 Å². The molecule has 1 aliphatic carbocycles. The SMILES string of the molecule is COc1cccc(-n2nnc3c2CCC(N)C3)c1. The fraction of sp³-hybridized carbons (Fsp3) is 0.385. The zero-order chi connectivity index (χ0) is 12.5. The molecule has 18 heavy (non-hydrogen) atoms. The molecule has 1 atom stereocenters. The molecule has 0 saturated carbocycles. The van der Waals surface area contributed by atoms with Gasteiger partial charge in [-0.3, -0.25) is 0 Å². The van der Waals surface area contributed by atoms with E-state index in [0.717, 1.165) is 36.4 Å². The Balaban J connectivity index is 2.02. The van der Waals surface area contributed by atoms with Crippen molar-refractivity contribution < 1.29 is 4.74 Å². The van der Waals surface area contributed by atoms with E-state index < -0.39 is 0 Å². The minimum atomic E-state index is 0.216. The predicted octanol–water partition coefficient (Wildman–Crippen LogP) is 1.09. The molecule has 5 heteroatoms. The van der Waals surface area contributed by atoms with Crippen LogP contribution < -0.4 is 10.5 Å². The van der Waals surface area contributed by atoms with Crippen LogP contribution in [-0.4, -0.2) is 28.1 Å². The predicted molar refractivity (Wildman–Crippen MR) is 67.9 cm³/mol. The van der Waals surface area contributed by atoms with Gasteiger partial charge in [0, 0.05) is 18.5 Å². The largest absolute Gasteiger partial charge is 0.497 e. The van der Waals surface area contributed by atoms with Crippen LogP contribution in [0.25, 0.3) is 5.69 Å². The molecule has 1 aromatic carbocycles. The normalized spacial score (nSPS) is 18.4. The molecule has 0 bridgehead atoms. The van der Waals surface area contributed by atoms with Crippen LogP contribution in [0, 0.1) is 0 Å². The molecule has 0 spiro atoms. The highest BCUT2D eigenvalue weighted by atomic mass is 16.5.